The van der Waals surface area contributed by atoms with E-state index in [1.54, 1.807) is 18.2 Å². The van der Waals surface area contributed by atoms with Gasteiger partial charge in [0.15, 0.2) is 0 Å². The maximum Gasteiger partial charge on any atom is 0.254 e. The van der Waals surface area contributed by atoms with E-state index in [9.17, 15) is 9.59 Å². The lowest BCUT2D eigenvalue weighted by Gasteiger charge is -2.11. The molecule has 0 aliphatic carbocycles. The number of primary amides is 1. The Morgan fingerprint density at radius 3 is 2.65 bits per heavy atom. The summed E-state index contributed by atoms with van der Waals surface area (Å²) in [5.74, 6) is -0.427. The summed E-state index contributed by atoms with van der Waals surface area (Å²) in [6, 6.07) is 4.93. The second-order valence-corrected chi connectivity index (χ2v) is 3.55. The second kappa shape index (κ2) is 5.89. The van der Waals surface area contributed by atoms with Gasteiger partial charge in [-0.3, -0.25) is 9.59 Å². The van der Waals surface area contributed by atoms with Crippen LogP contribution < -0.4 is 15.8 Å². The summed E-state index contributed by atoms with van der Waals surface area (Å²) in [5, 5.41) is 2.65. The first kappa shape index (κ1) is 13.0. The SMILES string of the molecule is CCCC(=O)Nc1cccc(OC)c1C(N)=O. The fraction of sp³-hybridized carbons (Fsp3) is 0.333. The number of methoxy groups -OCH3 is 1. The molecule has 1 aromatic carbocycles. The van der Waals surface area contributed by atoms with Gasteiger partial charge in [0.05, 0.1) is 12.8 Å². The molecule has 3 N–H and O–H groups in total. The van der Waals surface area contributed by atoms with Crippen LogP contribution in [0.1, 0.15) is 30.1 Å². The molecule has 0 bridgehead atoms. The van der Waals surface area contributed by atoms with Crippen LogP contribution in [0, 0.1) is 0 Å². The molecule has 0 aliphatic rings. The number of carbonyl (C=O) groups excluding carboxylic acids is 2. The number of hydrogen-bond acceptors (Lipinski definition) is 3. The van der Waals surface area contributed by atoms with Crippen LogP contribution >= 0.6 is 0 Å². The maximum atomic E-state index is 11.5. The number of hydrogen-bond donors (Lipinski definition) is 2. The molecule has 0 unspecified atom stereocenters. The van der Waals surface area contributed by atoms with Crippen LogP contribution in [0.15, 0.2) is 18.2 Å². The van der Waals surface area contributed by atoms with Gasteiger partial charge in [0.25, 0.3) is 5.91 Å². The van der Waals surface area contributed by atoms with E-state index >= 15 is 0 Å². The van der Waals surface area contributed by atoms with Gasteiger partial charge in [-0.15, -0.1) is 0 Å². The van der Waals surface area contributed by atoms with Crippen molar-refractivity contribution in [1.82, 2.24) is 0 Å². The van der Waals surface area contributed by atoms with E-state index in [4.69, 9.17) is 10.5 Å². The van der Waals surface area contributed by atoms with E-state index in [2.05, 4.69) is 5.32 Å². The van der Waals surface area contributed by atoms with Gasteiger partial charge in [-0.1, -0.05) is 13.0 Å². The first-order valence-electron chi connectivity index (χ1n) is 5.36. The van der Waals surface area contributed by atoms with Crippen molar-refractivity contribution in [3.8, 4) is 5.75 Å². The highest BCUT2D eigenvalue weighted by Crippen LogP contribution is 2.25. The molecule has 0 atom stereocenters. The molecule has 5 heteroatoms. The minimum atomic E-state index is -0.630. The summed E-state index contributed by atoms with van der Waals surface area (Å²) >= 11 is 0. The minimum absolute atomic E-state index is 0.150. The highest BCUT2D eigenvalue weighted by atomic mass is 16.5. The molecule has 0 saturated carbocycles. The van der Waals surface area contributed by atoms with Crippen molar-refractivity contribution in [1.29, 1.82) is 0 Å². The molecule has 1 rings (SSSR count). The molecule has 0 fully saturated rings. The summed E-state index contributed by atoms with van der Waals surface area (Å²) in [4.78, 5) is 22.8. The normalized spacial score (nSPS) is 9.76. The van der Waals surface area contributed by atoms with Gasteiger partial charge in [-0.25, -0.2) is 0 Å². The standard InChI is InChI=1S/C12H16N2O3/c1-3-5-10(15)14-8-6-4-7-9(17-2)11(8)12(13)16/h4,6-7H,3,5H2,1-2H3,(H2,13,16)(H,14,15). The maximum absolute atomic E-state index is 11.5. The van der Waals surface area contributed by atoms with Crippen LogP contribution in [-0.2, 0) is 4.79 Å². The largest absolute Gasteiger partial charge is 0.496 e. The van der Waals surface area contributed by atoms with E-state index < -0.39 is 5.91 Å². The van der Waals surface area contributed by atoms with Crippen molar-refractivity contribution in [2.45, 2.75) is 19.8 Å². The molecule has 0 saturated heterocycles. The smallest absolute Gasteiger partial charge is 0.254 e. The van der Waals surface area contributed by atoms with Crippen LogP contribution in [0.25, 0.3) is 0 Å². The van der Waals surface area contributed by atoms with Crippen molar-refractivity contribution in [3.05, 3.63) is 23.8 Å². The predicted octanol–water partition coefficient (Wildman–Crippen LogP) is 1.53. The zero-order valence-corrected chi connectivity index (χ0v) is 9.95. The number of carbonyl (C=O) groups is 2. The van der Waals surface area contributed by atoms with Crippen molar-refractivity contribution < 1.29 is 14.3 Å². The van der Waals surface area contributed by atoms with Crippen molar-refractivity contribution in [2.75, 3.05) is 12.4 Å². The second-order valence-electron chi connectivity index (χ2n) is 3.55. The summed E-state index contributed by atoms with van der Waals surface area (Å²) in [7, 11) is 1.44. The van der Waals surface area contributed by atoms with E-state index in [0.29, 0.717) is 17.9 Å². The quantitative estimate of drug-likeness (QED) is 0.813. The molecule has 0 aromatic heterocycles. The first-order valence-corrected chi connectivity index (χ1v) is 5.36. The van der Waals surface area contributed by atoms with Crippen LogP contribution in [0.2, 0.25) is 0 Å². The summed E-state index contributed by atoms with van der Waals surface area (Å²) in [6.07, 6.45) is 1.14. The van der Waals surface area contributed by atoms with Crippen molar-refractivity contribution in [3.63, 3.8) is 0 Å². The van der Waals surface area contributed by atoms with Gasteiger partial charge in [-0.2, -0.15) is 0 Å². The minimum Gasteiger partial charge on any atom is -0.496 e. The van der Waals surface area contributed by atoms with Crippen LogP contribution in [0.4, 0.5) is 5.69 Å². The van der Waals surface area contributed by atoms with Gasteiger partial charge < -0.3 is 15.8 Å². The molecule has 5 nitrogen and oxygen atoms in total. The van der Waals surface area contributed by atoms with E-state index in [0.717, 1.165) is 6.42 Å². The Morgan fingerprint density at radius 1 is 1.41 bits per heavy atom. The number of amides is 2. The van der Waals surface area contributed by atoms with Crippen LogP contribution in [0.3, 0.4) is 0 Å². The Balaban J connectivity index is 3.06. The summed E-state index contributed by atoms with van der Waals surface area (Å²) in [5.41, 5.74) is 5.85. The van der Waals surface area contributed by atoms with Gasteiger partial charge in [0.1, 0.15) is 11.3 Å². The fourth-order valence-corrected chi connectivity index (χ4v) is 1.50. The highest BCUT2D eigenvalue weighted by Gasteiger charge is 2.15. The zero-order chi connectivity index (χ0) is 12.8. The Hall–Kier alpha value is -2.04. The third kappa shape index (κ3) is 3.21. The third-order valence-electron chi connectivity index (χ3n) is 2.24. The number of nitrogens with two attached hydrogens (primary N) is 1. The van der Waals surface area contributed by atoms with Crippen molar-refractivity contribution in [2.24, 2.45) is 5.73 Å². The number of rotatable bonds is 5. The molecule has 0 radical (unpaired) electrons. The topological polar surface area (TPSA) is 81.4 Å². The lowest BCUT2D eigenvalue weighted by atomic mass is 10.1. The predicted molar refractivity (Wildman–Crippen MR) is 65.0 cm³/mol. The zero-order valence-electron chi connectivity index (χ0n) is 9.95. The van der Waals surface area contributed by atoms with E-state index in [1.807, 2.05) is 6.92 Å². The molecule has 0 spiro atoms. The summed E-state index contributed by atoms with van der Waals surface area (Å²) < 4.78 is 5.04. The van der Waals surface area contributed by atoms with Crippen LogP contribution in [0.5, 0.6) is 5.75 Å². The number of anilines is 1. The Morgan fingerprint density at radius 2 is 2.12 bits per heavy atom. The fourth-order valence-electron chi connectivity index (χ4n) is 1.50. The lowest BCUT2D eigenvalue weighted by molar-refractivity contribution is -0.116. The highest BCUT2D eigenvalue weighted by molar-refractivity contribution is 6.05. The average Bonchev–Trinajstić information content (AvgIpc) is 2.28. The Kier molecular flexibility index (Phi) is 4.51. The van der Waals surface area contributed by atoms with Gasteiger partial charge in [0, 0.05) is 6.42 Å². The summed E-state index contributed by atoms with van der Waals surface area (Å²) in [6.45, 7) is 1.90. The van der Waals surface area contributed by atoms with Gasteiger partial charge in [-0.05, 0) is 18.6 Å². The average molecular weight is 236 g/mol. The third-order valence-corrected chi connectivity index (χ3v) is 2.24. The number of ether oxygens (including phenoxy) is 1. The van der Waals surface area contributed by atoms with Crippen molar-refractivity contribution >= 4 is 17.5 Å². The van der Waals surface area contributed by atoms with E-state index in [-0.39, 0.29) is 11.5 Å². The van der Waals surface area contributed by atoms with Crippen LogP contribution in [-0.4, -0.2) is 18.9 Å². The monoisotopic (exact) mass is 236 g/mol. The molecular formula is C12H16N2O3. The van der Waals surface area contributed by atoms with E-state index in [1.165, 1.54) is 7.11 Å². The molecular weight excluding hydrogens is 220 g/mol. The Bertz CT molecular complexity index is 430. The van der Waals surface area contributed by atoms with Gasteiger partial charge >= 0.3 is 0 Å². The molecule has 0 aliphatic heterocycles. The molecule has 17 heavy (non-hydrogen) atoms. The Labute approximate surface area is 99.9 Å². The molecule has 1 aromatic rings. The number of benzene rings is 1. The molecule has 0 heterocycles. The molecule has 2 amide bonds. The molecule has 92 valence electrons. The lowest BCUT2D eigenvalue weighted by Crippen LogP contribution is -2.18. The number of nitrogens with one attached hydrogen (secondary N) is 1. The first-order chi connectivity index (χ1) is 8.10. The van der Waals surface area contributed by atoms with Gasteiger partial charge in [0.2, 0.25) is 5.91 Å².